The zero-order chi connectivity index (χ0) is 17.7. The second kappa shape index (κ2) is 5.67. The highest BCUT2D eigenvalue weighted by molar-refractivity contribution is 7.10. The van der Waals surface area contributed by atoms with Crippen LogP contribution in [0.2, 0.25) is 0 Å². The predicted octanol–water partition coefficient (Wildman–Crippen LogP) is 3.64. The summed E-state index contributed by atoms with van der Waals surface area (Å²) in [7, 11) is 0. The summed E-state index contributed by atoms with van der Waals surface area (Å²) in [5.74, 6) is 0.454. The second-order valence-electron chi connectivity index (χ2n) is 6.15. The van der Waals surface area contributed by atoms with Crippen molar-refractivity contribution in [1.82, 2.24) is 20.1 Å². The molecule has 6 nitrogen and oxygen atoms in total. The molecule has 1 atom stereocenters. The number of aryl methyl sites for hydroxylation is 1. The lowest BCUT2D eigenvalue weighted by molar-refractivity contribution is 0.0936. The van der Waals surface area contributed by atoms with E-state index in [1.807, 2.05) is 65.5 Å². The van der Waals surface area contributed by atoms with E-state index in [4.69, 9.17) is 4.98 Å². The van der Waals surface area contributed by atoms with Crippen LogP contribution in [0, 0.1) is 6.92 Å². The molecule has 0 spiro atoms. The first kappa shape index (κ1) is 15.1. The van der Waals surface area contributed by atoms with Gasteiger partial charge in [0.1, 0.15) is 12.0 Å². The normalized spacial score (nSPS) is 16.2. The number of nitrogens with zero attached hydrogens (tertiary/aromatic N) is 3. The Balaban J connectivity index is 1.67. The van der Waals surface area contributed by atoms with E-state index in [2.05, 4.69) is 15.7 Å². The van der Waals surface area contributed by atoms with E-state index in [1.165, 1.54) is 0 Å². The van der Waals surface area contributed by atoms with Crippen LogP contribution in [0.25, 0.3) is 16.7 Å². The minimum Gasteiger partial charge on any atom is -0.345 e. The monoisotopic (exact) mass is 361 g/mol. The van der Waals surface area contributed by atoms with Gasteiger partial charge >= 0.3 is 0 Å². The number of aromatic nitrogens is 3. The predicted molar refractivity (Wildman–Crippen MR) is 102 cm³/mol. The number of hydrogen-bond acceptors (Lipinski definition) is 5. The molecule has 0 fully saturated rings. The lowest BCUT2D eigenvalue weighted by atomic mass is 10.1. The molecule has 4 aromatic rings. The summed E-state index contributed by atoms with van der Waals surface area (Å²) in [5, 5.41) is 13.8. The number of carbonyl (C=O) groups excluding carboxylic acids is 1. The van der Waals surface area contributed by atoms with E-state index in [0.29, 0.717) is 11.4 Å². The van der Waals surface area contributed by atoms with Crippen LogP contribution in [0.1, 0.15) is 27.1 Å². The molecule has 5 rings (SSSR count). The van der Waals surface area contributed by atoms with Crippen molar-refractivity contribution >= 4 is 34.1 Å². The number of thiophene rings is 1. The van der Waals surface area contributed by atoms with Gasteiger partial charge in [0.2, 0.25) is 0 Å². The lowest BCUT2D eigenvalue weighted by Crippen LogP contribution is -2.38. The minimum absolute atomic E-state index is 0.126. The van der Waals surface area contributed by atoms with Crippen LogP contribution in [-0.4, -0.2) is 20.7 Å². The van der Waals surface area contributed by atoms with Crippen LogP contribution in [0.4, 0.5) is 5.82 Å². The fourth-order valence-corrected chi connectivity index (χ4v) is 3.92. The third-order valence-corrected chi connectivity index (χ3v) is 5.41. The number of hydrogen-bond donors (Lipinski definition) is 2. The largest absolute Gasteiger partial charge is 0.345 e. The SMILES string of the molecule is Cc1nn(-c2ccccc2)c2nc3c(cc12)C(=O)NC(c1cccs1)N3. The van der Waals surface area contributed by atoms with Gasteiger partial charge in [0.05, 0.1) is 16.9 Å². The standard InChI is InChI=1S/C19H15N5OS/c1-11-13-10-14-16(20-17(22-19(14)25)15-8-5-9-26-15)21-18(13)24(23-11)12-6-3-2-4-7-12/h2-10,17H,1H3,(H,20,21)(H,22,25). The Morgan fingerprint density at radius 3 is 2.73 bits per heavy atom. The van der Waals surface area contributed by atoms with Gasteiger partial charge in [0.25, 0.3) is 5.91 Å². The molecule has 1 unspecified atom stereocenters. The number of carbonyl (C=O) groups is 1. The summed E-state index contributed by atoms with van der Waals surface area (Å²) in [6.07, 6.45) is -0.269. The van der Waals surface area contributed by atoms with E-state index in [-0.39, 0.29) is 12.1 Å². The molecule has 1 aliphatic rings. The van der Waals surface area contributed by atoms with Crippen LogP contribution in [0.15, 0.2) is 53.9 Å². The Morgan fingerprint density at radius 1 is 1.12 bits per heavy atom. The third kappa shape index (κ3) is 2.28. The Morgan fingerprint density at radius 2 is 1.96 bits per heavy atom. The van der Waals surface area contributed by atoms with Crippen molar-refractivity contribution in [3.05, 3.63) is 70.0 Å². The fraction of sp³-hybridized carbons (Fsp3) is 0.105. The van der Waals surface area contributed by atoms with Crippen molar-refractivity contribution in [1.29, 1.82) is 0 Å². The highest BCUT2D eigenvalue weighted by Crippen LogP contribution is 2.31. The number of benzene rings is 1. The highest BCUT2D eigenvalue weighted by Gasteiger charge is 2.28. The molecule has 2 N–H and O–H groups in total. The number of fused-ring (bicyclic) bond motifs is 2. The second-order valence-corrected chi connectivity index (χ2v) is 7.13. The van der Waals surface area contributed by atoms with E-state index in [9.17, 15) is 4.79 Å². The summed E-state index contributed by atoms with van der Waals surface area (Å²) >= 11 is 1.59. The number of rotatable bonds is 2. The van der Waals surface area contributed by atoms with Crippen molar-refractivity contribution in [2.24, 2.45) is 0 Å². The Labute approximate surface area is 153 Å². The highest BCUT2D eigenvalue weighted by atomic mass is 32.1. The summed E-state index contributed by atoms with van der Waals surface area (Å²) in [5.41, 5.74) is 3.06. The number of anilines is 1. The average Bonchev–Trinajstić information content (AvgIpc) is 3.30. The number of pyridine rings is 1. The molecule has 1 amide bonds. The van der Waals surface area contributed by atoms with Crippen LogP contribution in [0.3, 0.4) is 0 Å². The van der Waals surface area contributed by atoms with Crippen molar-refractivity contribution < 1.29 is 4.79 Å². The van der Waals surface area contributed by atoms with Crippen LogP contribution in [0.5, 0.6) is 0 Å². The number of amides is 1. The van der Waals surface area contributed by atoms with Crippen LogP contribution in [-0.2, 0) is 0 Å². The molecule has 4 heterocycles. The quantitative estimate of drug-likeness (QED) is 0.572. The molecular formula is C19H15N5OS. The van der Waals surface area contributed by atoms with E-state index in [0.717, 1.165) is 27.3 Å². The summed E-state index contributed by atoms with van der Waals surface area (Å²) < 4.78 is 1.82. The first-order chi connectivity index (χ1) is 12.7. The van der Waals surface area contributed by atoms with Gasteiger partial charge in [-0.05, 0) is 36.6 Å². The third-order valence-electron chi connectivity index (χ3n) is 4.47. The van der Waals surface area contributed by atoms with Crippen molar-refractivity contribution in [2.45, 2.75) is 13.1 Å². The van der Waals surface area contributed by atoms with Gasteiger partial charge in [-0.25, -0.2) is 9.67 Å². The topological polar surface area (TPSA) is 71.8 Å². The Kier molecular flexibility index (Phi) is 3.29. The Bertz CT molecular complexity index is 1120. The van der Waals surface area contributed by atoms with Gasteiger partial charge in [0.15, 0.2) is 5.65 Å². The van der Waals surface area contributed by atoms with Gasteiger partial charge in [-0.15, -0.1) is 11.3 Å². The summed E-state index contributed by atoms with van der Waals surface area (Å²) in [6, 6.07) is 15.7. The van der Waals surface area contributed by atoms with Gasteiger partial charge in [-0.3, -0.25) is 4.79 Å². The van der Waals surface area contributed by atoms with Crippen molar-refractivity contribution in [3.8, 4) is 5.69 Å². The average molecular weight is 361 g/mol. The molecule has 0 aliphatic carbocycles. The molecular weight excluding hydrogens is 346 g/mol. The van der Waals surface area contributed by atoms with Crippen molar-refractivity contribution in [3.63, 3.8) is 0 Å². The van der Waals surface area contributed by atoms with Gasteiger partial charge < -0.3 is 10.6 Å². The molecule has 128 valence electrons. The zero-order valence-corrected chi connectivity index (χ0v) is 14.7. The summed E-state index contributed by atoms with van der Waals surface area (Å²) in [4.78, 5) is 18.4. The molecule has 7 heteroatoms. The molecule has 0 bridgehead atoms. The molecule has 0 saturated heterocycles. The van der Waals surface area contributed by atoms with Gasteiger partial charge in [-0.2, -0.15) is 5.10 Å². The van der Waals surface area contributed by atoms with E-state index in [1.54, 1.807) is 11.3 Å². The zero-order valence-electron chi connectivity index (χ0n) is 13.9. The molecule has 26 heavy (non-hydrogen) atoms. The van der Waals surface area contributed by atoms with Gasteiger partial charge in [0, 0.05) is 10.3 Å². The summed E-state index contributed by atoms with van der Waals surface area (Å²) in [6.45, 7) is 1.93. The smallest absolute Gasteiger partial charge is 0.256 e. The maximum Gasteiger partial charge on any atom is 0.256 e. The van der Waals surface area contributed by atoms with Crippen LogP contribution < -0.4 is 10.6 Å². The number of para-hydroxylation sites is 1. The fourth-order valence-electron chi connectivity index (χ4n) is 3.19. The maximum atomic E-state index is 12.6. The maximum absolute atomic E-state index is 12.6. The first-order valence-corrected chi connectivity index (χ1v) is 9.15. The Hall–Kier alpha value is -3.19. The molecule has 1 aromatic carbocycles. The van der Waals surface area contributed by atoms with Crippen LogP contribution >= 0.6 is 11.3 Å². The molecule has 1 aliphatic heterocycles. The first-order valence-electron chi connectivity index (χ1n) is 8.27. The lowest BCUT2D eigenvalue weighted by Gasteiger charge is -2.26. The molecule has 0 radical (unpaired) electrons. The van der Waals surface area contributed by atoms with E-state index < -0.39 is 0 Å². The molecule has 3 aromatic heterocycles. The minimum atomic E-state index is -0.269. The number of nitrogens with one attached hydrogen (secondary N) is 2. The van der Waals surface area contributed by atoms with Gasteiger partial charge in [-0.1, -0.05) is 24.3 Å². The van der Waals surface area contributed by atoms with E-state index >= 15 is 0 Å². The van der Waals surface area contributed by atoms with Crippen molar-refractivity contribution in [2.75, 3.05) is 5.32 Å². The molecule has 0 saturated carbocycles.